The number of esters is 1. The van der Waals surface area contributed by atoms with Crippen LogP contribution >= 0.6 is 0 Å². The molecule has 1 aliphatic heterocycles. The summed E-state index contributed by atoms with van der Waals surface area (Å²) in [5, 5.41) is 5.25. The fourth-order valence-corrected chi connectivity index (χ4v) is 3.06. The van der Waals surface area contributed by atoms with E-state index in [9.17, 15) is 19.2 Å². The Morgan fingerprint density at radius 1 is 1.27 bits per heavy atom. The summed E-state index contributed by atoms with van der Waals surface area (Å²) in [4.78, 5) is 49.8. The Bertz CT molecular complexity index is 838. The van der Waals surface area contributed by atoms with Gasteiger partial charge < -0.3 is 20.1 Å². The van der Waals surface area contributed by atoms with Crippen LogP contribution in [0.1, 0.15) is 39.2 Å². The van der Waals surface area contributed by atoms with Gasteiger partial charge in [-0.3, -0.25) is 19.3 Å². The molecule has 0 aliphatic carbocycles. The zero-order chi connectivity index (χ0) is 22.5. The molecule has 0 bridgehead atoms. The quantitative estimate of drug-likeness (QED) is 0.469. The smallest absolute Gasteiger partial charge is 0.326 e. The van der Waals surface area contributed by atoms with Crippen molar-refractivity contribution in [3.63, 3.8) is 0 Å². The summed E-state index contributed by atoms with van der Waals surface area (Å²) in [6.45, 7) is 6.45. The number of urea groups is 1. The van der Waals surface area contributed by atoms with Gasteiger partial charge in [0.05, 0.1) is 12.8 Å². The van der Waals surface area contributed by atoms with Gasteiger partial charge in [-0.25, -0.2) is 4.79 Å². The van der Waals surface area contributed by atoms with Gasteiger partial charge in [0.1, 0.15) is 17.8 Å². The zero-order valence-electron chi connectivity index (χ0n) is 18.0. The van der Waals surface area contributed by atoms with Crippen molar-refractivity contribution in [1.82, 2.24) is 10.2 Å². The Morgan fingerprint density at radius 3 is 2.60 bits per heavy atom. The molecule has 9 heteroatoms. The molecule has 0 saturated carbocycles. The van der Waals surface area contributed by atoms with E-state index in [0.29, 0.717) is 23.8 Å². The molecule has 9 nitrogen and oxygen atoms in total. The van der Waals surface area contributed by atoms with E-state index in [1.54, 1.807) is 19.1 Å². The van der Waals surface area contributed by atoms with Crippen LogP contribution in [0.4, 0.5) is 10.5 Å². The number of ether oxygens (including phenoxy) is 2. The summed E-state index contributed by atoms with van der Waals surface area (Å²) in [5.41, 5.74) is 0.330. The fourth-order valence-electron chi connectivity index (χ4n) is 3.06. The highest BCUT2D eigenvalue weighted by atomic mass is 16.5. The van der Waals surface area contributed by atoms with Crippen molar-refractivity contribution in [2.75, 3.05) is 25.6 Å². The molecule has 1 fully saturated rings. The van der Waals surface area contributed by atoms with Gasteiger partial charge >= 0.3 is 12.0 Å². The van der Waals surface area contributed by atoms with E-state index < -0.39 is 42.5 Å². The molecule has 2 N–H and O–H groups in total. The summed E-state index contributed by atoms with van der Waals surface area (Å²) >= 11 is 0. The number of nitrogens with one attached hydrogen (secondary N) is 2. The van der Waals surface area contributed by atoms with Crippen LogP contribution in [-0.2, 0) is 19.1 Å². The molecular weight excluding hydrogens is 390 g/mol. The third kappa shape index (κ3) is 5.71. The number of carbonyl (C=O) groups excluding carboxylic acids is 4. The third-order valence-electron chi connectivity index (χ3n) is 4.85. The second-order valence-electron chi connectivity index (χ2n) is 8.00. The third-order valence-corrected chi connectivity index (χ3v) is 4.85. The summed E-state index contributed by atoms with van der Waals surface area (Å²) in [6.07, 6.45) is 1.23. The molecule has 1 aromatic carbocycles. The average Bonchev–Trinajstić information content (AvgIpc) is 2.88. The van der Waals surface area contributed by atoms with Gasteiger partial charge in [-0.1, -0.05) is 19.9 Å². The monoisotopic (exact) mass is 419 g/mol. The predicted molar refractivity (Wildman–Crippen MR) is 110 cm³/mol. The molecule has 1 aliphatic rings. The summed E-state index contributed by atoms with van der Waals surface area (Å²) in [6, 6.07) is 4.63. The normalized spacial score (nSPS) is 18.4. The van der Waals surface area contributed by atoms with Crippen LogP contribution in [0.5, 0.6) is 5.75 Å². The number of imide groups is 1. The van der Waals surface area contributed by atoms with Crippen LogP contribution < -0.4 is 15.4 Å². The largest absolute Gasteiger partial charge is 0.495 e. The van der Waals surface area contributed by atoms with Crippen molar-refractivity contribution >= 4 is 29.5 Å². The first-order valence-corrected chi connectivity index (χ1v) is 9.80. The van der Waals surface area contributed by atoms with Gasteiger partial charge in [-0.05, 0) is 50.3 Å². The number of hydrogen-bond acceptors (Lipinski definition) is 6. The molecule has 164 valence electrons. The molecule has 1 aromatic rings. The molecule has 1 atom stereocenters. The van der Waals surface area contributed by atoms with E-state index in [2.05, 4.69) is 10.6 Å². The molecule has 0 unspecified atom stereocenters. The Balaban J connectivity index is 1.88. The average molecular weight is 419 g/mol. The molecule has 2 rings (SSSR count). The van der Waals surface area contributed by atoms with Crippen LogP contribution in [0.15, 0.2) is 18.2 Å². The second-order valence-corrected chi connectivity index (χ2v) is 8.00. The first kappa shape index (κ1) is 23.2. The van der Waals surface area contributed by atoms with Crippen LogP contribution in [0.2, 0.25) is 0 Å². The molecule has 0 radical (unpaired) electrons. The van der Waals surface area contributed by atoms with Gasteiger partial charge in [-0.2, -0.15) is 0 Å². The second kappa shape index (κ2) is 9.60. The van der Waals surface area contributed by atoms with Crippen molar-refractivity contribution in [1.29, 1.82) is 0 Å². The van der Waals surface area contributed by atoms with Crippen LogP contribution in [0, 0.1) is 12.8 Å². The fraction of sp³-hybridized carbons (Fsp3) is 0.524. The number of benzene rings is 1. The summed E-state index contributed by atoms with van der Waals surface area (Å²) < 4.78 is 10.1. The van der Waals surface area contributed by atoms with Gasteiger partial charge in [0.15, 0.2) is 6.61 Å². The lowest BCUT2D eigenvalue weighted by atomic mass is 9.92. The SMILES string of the molecule is COc1ccc(C)cc1NC(=O)COC(=O)CN1C(=O)N[C@@](C)(CCC(C)C)C1=O. The van der Waals surface area contributed by atoms with Crippen molar-refractivity contribution < 1.29 is 28.7 Å². The number of anilines is 1. The lowest BCUT2D eigenvalue weighted by Crippen LogP contribution is -2.44. The highest BCUT2D eigenvalue weighted by Gasteiger charge is 2.48. The molecule has 0 spiro atoms. The van der Waals surface area contributed by atoms with E-state index >= 15 is 0 Å². The molecule has 4 amide bonds. The maximum atomic E-state index is 12.6. The molecule has 1 heterocycles. The minimum Gasteiger partial charge on any atom is -0.495 e. The van der Waals surface area contributed by atoms with Crippen molar-refractivity contribution in [2.45, 2.75) is 46.1 Å². The highest BCUT2D eigenvalue weighted by molar-refractivity contribution is 6.08. The lowest BCUT2D eigenvalue weighted by molar-refractivity contribution is -0.150. The van der Waals surface area contributed by atoms with Gasteiger partial charge in [0.25, 0.3) is 11.8 Å². The number of amides is 4. The van der Waals surface area contributed by atoms with Crippen molar-refractivity contribution in [3.05, 3.63) is 23.8 Å². The number of aryl methyl sites for hydroxylation is 1. The highest BCUT2D eigenvalue weighted by Crippen LogP contribution is 2.26. The van der Waals surface area contributed by atoms with Crippen molar-refractivity contribution in [3.8, 4) is 5.75 Å². The Hall–Kier alpha value is -3.10. The zero-order valence-corrected chi connectivity index (χ0v) is 18.0. The molecule has 30 heavy (non-hydrogen) atoms. The summed E-state index contributed by atoms with van der Waals surface area (Å²) in [7, 11) is 1.48. The number of methoxy groups -OCH3 is 1. The topological polar surface area (TPSA) is 114 Å². The van der Waals surface area contributed by atoms with Gasteiger partial charge in [0, 0.05) is 0 Å². The summed E-state index contributed by atoms with van der Waals surface area (Å²) in [5.74, 6) is -1.04. The van der Waals surface area contributed by atoms with E-state index in [1.165, 1.54) is 7.11 Å². The van der Waals surface area contributed by atoms with E-state index in [4.69, 9.17) is 9.47 Å². The minimum absolute atomic E-state index is 0.371. The molecular formula is C21H29N3O6. The maximum absolute atomic E-state index is 12.6. The maximum Gasteiger partial charge on any atom is 0.326 e. The predicted octanol–water partition coefficient (Wildman–Crippen LogP) is 2.23. The number of rotatable bonds is 9. The van der Waals surface area contributed by atoms with Crippen molar-refractivity contribution in [2.24, 2.45) is 5.92 Å². The van der Waals surface area contributed by atoms with E-state index in [1.807, 2.05) is 26.8 Å². The first-order chi connectivity index (χ1) is 14.1. The van der Waals surface area contributed by atoms with Crippen LogP contribution in [0.3, 0.4) is 0 Å². The minimum atomic E-state index is -1.04. The number of hydrogen-bond donors (Lipinski definition) is 2. The number of nitrogens with zero attached hydrogens (tertiary/aromatic N) is 1. The first-order valence-electron chi connectivity index (χ1n) is 9.80. The molecule has 1 saturated heterocycles. The molecule has 0 aromatic heterocycles. The van der Waals surface area contributed by atoms with E-state index in [0.717, 1.165) is 16.9 Å². The van der Waals surface area contributed by atoms with E-state index in [-0.39, 0.29) is 0 Å². The lowest BCUT2D eigenvalue weighted by Gasteiger charge is -2.22. The standard InChI is InChI=1S/C21H29N3O6/c1-13(2)8-9-21(4)19(27)24(20(28)23-21)11-18(26)30-12-17(25)22-15-10-14(3)6-7-16(15)29-5/h6-7,10,13H,8-9,11-12H2,1-5H3,(H,22,25)(H,23,28)/t21-/m0/s1. The Kier molecular flexibility index (Phi) is 7.42. The van der Waals surface area contributed by atoms with Crippen LogP contribution in [-0.4, -0.2) is 54.5 Å². The Morgan fingerprint density at radius 2 is 1.97 bits per heavy atom. The van der Waals surface area contributed by atoms with Crippen LogP contribution in [0.25, 0.3) is 0 Å². The van der Waals surface area contributed by atoms with Gasteiger partial charge in [-0.15, -0.1) is 0 Å². The van der Waals surface area contributed by atoms with Gasteiger partial charge in [0.2, 0.25) is 0 Å². The number of carbonyl (C=O) groups is 4. The Labute approximate surface area is 176 Å².